The number of rotatable bonds is 2. The van der Waals surface area contributed by atoms with E-state index in [1.807, 2.05) is 24.3 Å². The van der Waals surface area contributed by atoms with E-state index >= 15 is 0 Å². The van der Waals surface area contributed by atoms with Crippen LogP contribution in [0.2, 0.25) is 0 Å². The molecule has 1 aromatic carbocycles. The number of nitrogens with two attached hydrogens (primary N) is 1. The number of hydrogen-bond donors (Lipinski definition) is 2. The number of nitrogens with zero attached hydrogens (tertiary/aromatic N) is 3. The van der Waals surface area contributed by atoms with E-state index in [1.54, 1.807) is 0 Å². The molecule has 0 unspecified atom stereocenters. The lowest BCUT2D eigenvalue weighted by molar-refractivity contribution is 0.881. The summed E-state index contributed by atoms with van der Waals surface area (Å²) >= 11 is 1.21. The second-order valence-corrected chi connectivity index (χ2v) is 3.08. The highest BCUT2D eigenvalue weighted by atomic mass is 32.2. The van der Waals surface area contributed by atoms with E-state index in [9.17, 15) is 0 Å². The maximum atomic E-state index is 5.39. The molecule has 0 radical (unpaired) electrons. The summed E-state index contributed by atoms with van der Waals surface area (Å²) in [5, 5.41) is 19.0. The van der Waals surface area contributed by atoms with E-state index in [0.29, 0.717) is 5.82 Å². The van der Waals surface area contributed by atoms with Crippen molar-refractivity contribution in [3.8, 4) is 11.4 Å². The fourth-order valence-electron chi connectivity index (χ4n) is 0.967. The minimum absolute atomic E-state index is 0.591. The highest BCUT2D eigenvalue weighted by Gasteiger charge is 2.01. The minimum Gasteiger partial charge on any atom is -0.274 e. The molecule has 1 heterocycles. The maximum Gasteiger partial charge on any atom is 0.204 e. The zero-order valence-corrected chi connectivity index (χ0v) is 7.45. The van der Waals surface area contributed by atoms with Gasteiger partial charge in [-0.3, -0.25) is 5.14 Å². The van der Waals surface area contributed by atoms with Gasteiger partial charge in [-0.15, -0.1) is 10.2 Å². The summed E-state index contributed by atoms with van der Waals surface area (Å²) in [5.74, 6) is 0.591. The zero-order valence-electron chi connectivity index (χ0n) is 6.64. The van der Waals surface area contributed by atoms with E-state index in [-0.39, 0.29) is 0 Å². The van der Waals surface area contributed by atoms with Gasteiger partial charge in [-0.1, -0.05) is 0 Å². The van der Waals surface area contributed by atoms with Crippen LogP contribution in [-0.4, -0.2) is 20.6 Å². The molecule has 5 nitrogen and oxygen atoms in total. The Kier molecular flexibility index (Phi) is 2.24. The van der Waals surface area contributed by atoms with Crippen LogP contribution in [0.3, 0.4) is 0 Å². The Labute approximate surface area is 78.9 Å². The fraction of sp³-hybridized carbons (Fsp3) is 0. The molecule has 66 valence electrons. The van der Waals surface area contributed by atoms with Gasteiger partial charge in [0.1, 0.15) is 0 Å². The summed E-state index contributed by atoms with van der Waals surface area (Å²) < 4.78 is 0. The molecular formula is C7H7N5S. The highest BCUT2D eigenvalue weighted by molar-refractivity contribution is 7.97. The maximum absolute atomic E-state index is 5.39. The van der Waals surface area contributed by atoms with Crippen molar-refractivity contribution in [3.05, 3.63) is 24.3 Å². The van der Waals surface area contributed by atoms with Crippen LogP contribution in [0, 0.1) is 0 Å². The van der Waals surface area contributed by atoms with Crippen molar-refractivity contribution in [1.82, 2.24) is 20.6 Å². The van der Waals surface area contributed by atoms with Crippen LogP contribution >= 0.6 is 11.9 Å². The van der Waals surface area contributed by atoms with Crippen molar-refractivity contribution in [2.75, 3.05) is 0 Å². The van der Waals surface area contributed by atoms with E-state index in [1.165, 1.54) is 11.9 Å². The third-order valence-electron chi connectivity index (χ3n) is 1.59. The quantitative estimate of drug-likeness (QED) is 0.690. The number of hydrogen-bond acceptors (Lipinski definition) is 5. The van der Waals surface area contributed by atoms with Gasteiger partial charge in [0.25, 0.3) is 0 Å². The molecule has 0 bridgehead atoms. The van der Waals surface area contributed by atoms with Gasteiger partial charge < -0.3 is 0 Å². The third kappa shape index (κ3) is 1.68. The molecule has 0 fully saturated rings. The van der Waals surface area contributed by atoms with Crippen molar-refractivity contribution in [3.63, 3.8) is 0 Å². The Balaban J connectivity index is 2.33. The van der Waals surface area contributed by atoms with Gasteiger partial charge in [-0.25, -0.2) is 0 Å². The SMILES string of the molecule is NSc1ccc(-c2nn[nH]n2)cc1. The van der Waals surface area contributed by atoms with Gasteiger partial charge in [-0.2, -0.15) is 5.21 Å². The monoisotopic (exact) mass is 193 g/mol. The number of H-pyrrole nitrogens is 1. The van der Waals surface area contributed by atoms with Crippen molar-refractivity contribution < 1.29 is 0 Å². The van der Waals surface area contributed by atoms with Crippen LogP contribution in [-0.2, 0) is 0 Å². The fourth-order valence-corrected chi connectivity index (χ4v) is 1.26. The normalized spacial score (nSPS) is 10.2. The molecule has 0 aliphatic carbocycles. The Bertz CT molecular complexity index is 368. The molecule has 0 aliphatic rings. The largest absolute Gasteiger partial charge is 0.274 e. The summed E-state index contributed by atoms with van der Waals surface area (Å²) in [6, 6.07) is 7.63. The van der Waals surface area contributed by atoms with Crippen molar-refractivity contribution >= 4 is 11.9 Å². The first-order chi connectivity index (χ1) is 6.40. The van der Waals surface area contributed by atoms with Crippen LogP contribution in [0.1, 0.15) is 0 Å². The number of nitrogens with one attached hydrogen (secondary N) is 1. The smallest absolute Gasteiger partial charge is 0.204 e. The molecule has 6 heteroatoms. The summed E-state index contributed by atoms with van der Waals surface area (Å²) in [7, 11) is 0. The lowest BCUT2D eigenvalue weighted by Crippen LogP contribution is -1.82. The molecule has 1 aromatic heterocycles. The molecule has 0 atom stereocenters. The number of aromatic nitrogens is 4. The van der Waals surface area contributed by atoms with Crippen molar-refractivity contribution in [2.24, 2.45) is 5.14 Å². The van der Waals surface area contributed by atoms with Gasteiger partial charge >= 0.3 is 0 Å². The summed E-state index contributed by atoms with van der Waals surface area (Å²) in [6.07, 6.45) is 0. The molecule has 0 saturated heterocycles. The minimum atomic E-state index is 0.591. The van der Waals surface area contributed by atoms with E-state index in [4.69, 9.17) is 5.14 Å². The van der Waals surface area contributed by atoms with Gasteiger partial charge in [0.05, 0.1) is 0 Å². The summed E-state index contributed by atoms with van der Waals surface area (Å²) in [5.41, 5.74) is 0.923. The molecular weight excluding hydrogens is 186 g/mol. The average molecular weight is 193 g/mol. The van der Waals surface area contributed by atoms with Crippen LogP contribution in [0.15, 0.2) is 29.2 Å². The lowest BCUT2D eigenvalue weighted by atomic mass is 10.2. The van der Waals surface area contributed by atoms with Gasteiger partial charge in [0, 0.05) is 10.5 Å². The van der Waals surface area contributed by atoms with Crippen LogP contribution in [0.5, 0.6) is 0 Å². The Morgan fingerprint density at radius 1 is 1.23 bits per heavy atom. The van der Waals surface area contributed by atoms with Gasteiger partial charge in [0.2, 0.25) is 5.82 Å². The van der Waals surface area contributed by atoms with E-state index in [2.05, 4.69) is 20.6 Å². The molecule has 0 spiro atoms. The number of aromatic amines is 1. The van der Waals surface area contributed by atoms with Gasteiger partial charge in [-0.05, 0) is 41.4 Å². The van der Waals surface area contributed by atoms with Crippen molar-refractivity contribution in [2.45, 2.75) is 4.90 Å². The first kappa shape index (κ1) is 8.21. The second kappa shape index (κ2) is 3.55. The summed E-state index contributed by atoms with van der Waals surface area (Å²) in [6.45, 7) is 0. The first-order valence-corrected chi connectivity index (χ1v) is 4.49. The molecule has 0 amide bonds. The van der Waals surface area contributed by atoms with Crippen LogP contribution < -0.4 is 5.14 Å². The first-order valence-electron chi connectivity index (χ1n) is 3.61. The average Bonchev–Trinajstić information content (AvgIpc) is 2.71. The molecule has 0 aliphatic heterocycles. The predicted molar refractivity (Wildman–Crippen MR) is 49.7 cm³/mol. The van der Waals surface area contributed by atoms with Crippen LogP contribution in [0.25, 0.3) is 11.4 Å². The Morgan fingerprint density at radius 2 is 2.00 bits per heavy atom. The second-order valence-electron chi connectivity index (χ2n) is 2.38. The predicted octanol–water partition coefficient (Wildman–Crippen LogP) is 0.833. The number of tetrazole rings is 1. The topological polar surface area (TPSA) is 80.5 Å². The lowest BCUT2D eigenvalue weighted by Gasteiger charge is -1.96. The molecule has 13 heavy (non-hydrogen) atoms. The molecule has 2 rings (SSSR count). The molecule has 2 aromatic rings. The molecule has 3 N–H and O–H groups in total. The third-order valence-corrected chi connectivity index (χ3v) is 2.14. The molecule has 0 saturated carbocycles. The van der Waals surface area contributed by atoms with E-state index in [0.717, 1.165) is 10.5 Å². The van der Waals surface area contributed by atoms with Crippen LogP contribution in [0.4, 0.5) is 0 Å². The van der Waals surface area contributed by atoms with Crippen molar-refractivity contribution in [1.29, 1.82) is 0 Å². The van der Waals surface area contributed by atoms with Gasteiger partial charge in [0.15, 0.2) is 0 Å². The number of benzene rings is 1. The standard InChI is InChI=1S/C7H7N5S/c8-13-6-3-1-5(2-4-6)7-9-11-12-10-7/h1-4H,8H2,(H,9,10,11,12). The highest BCUT2D eigenvalue weighted by Crippen LogP contribution is 2.17. The summed E-state index contributed by atoms with van der Waals surface area (Å²) in [4.78, 5) is 1.01. The Hall–Kier alpha value is -1.40. The van der Waals surface area contributed by atoms with E-state index < -0.39 is 0 Å². The Morgan fingerprint density at radius 3 is 2.54 bits per heavy atom. The zero-order chi connectivity index (χ0) is 9.10.